The van der Waals surface area contributed by atoms with Gasteiger partial charge in [-0.2, -0.15) is 0 Å². The zero-order valence-electron chi connectivity index (χ0n) is 5.33. The maximum absolute atomic E-state index is 3.58. The van der Waals surface area contributed by atoms with E-state index < -0.39 is 0 Å². The summed E-state index contributed by atoms with van der Waals surface area (Å²) in [6.45, 7) is 2.21. The van der Waals surface area contributed by atoms with Crippen LogP contribution in [-0.4, -0.2) is 0 Å². The van der Waals surface area contributed by atoms with E-state index >= 15 is 0 Å². The van der Waals surface area contributed by atoms with Crippen LogP contribution in [0.4, 0.5) is 0 Å². The van der Waals surface area contributed by atoms with Crippen LogP contribution in [0.1, 0.15) is 32.6 Å². The Balaban J connectivity index is 2.60. The predicted octanol–water partition coefficient (Wildman–Crippen LogP) is 1.85. The standard InChI is InChI=1S/C7H12S/c1-6-4-2-3-5-7(6)8/h8H,2-5H2,1H3/p+1. The third kappa shape index (κ3) is 1.28. The van der Waals surface area contributed by atoms with Crippen molar-refractivity contribution in [1.29, 1.82) is 0 Å². The van der Waals surface area contributed by atoms with Gasteiger partial charge in [0.15, 0.2) is 0 Å². The van der Waals surface area contributed by atoms with Gasteiger partial charge >= 0.3 is 0 Å². The van der Waals surface area contributed by atoms with Crippen molar-refractivity contribution < 1.29 is 0 Å². The first-order valence-corrected chi connectivity index (χ1v) is 3.71. The molecule has 0 saturated heterocycles. The smallest absolute Gasteiger partial charge is 0.0489 e. The zero-order valence-corrected chi connectivity index (χ0v) is 6.33. The quantitative estimate of drug-likeness (QED) is 0.438. The van der Waals surface area contributed by atoms with Crippen LogP contribution in [0, 0.1) is 0 Å². The predicted molar refractivity (Wildman–Crippen MR) is 41.3 cm³/mol. The number of hydrogen-bond donors (Lipinski definition) is 0. The highest BCUT2D eigenvalue weighted by atomic mass is 32.1. The maximum Gasteiger partial charge on any atom is 0.126 e. The fourth-order valence-electron chi connectivity index (χ4n) is 1.06. The van der Waals surface area contributed by atoms with Crippen LogP contribution in [0.25, 0.3) is 0 Å². The summed E-state index contributed by atoms with van der Waals surface area (Å²) in [6.07, 6.45) is 5.33. The fourth-order valence-corrected chi connectivity index (χ4v) is 1.36. The van der Waals surface area contributed by atoms with E-state index in [4.69, 9.17) is 0 Å². The summed E-state index contributed by atoms with van der Waals surface area (Å²) in [6, 6.07) is 0. The Morgan fingerprint density at radius 2 is 1.88 bits per heavy atom. The third-order valence-corrected chi connectivity index (χ3v) is 2.42. The first-order chi connectivity index (χ1) is 3.80. The van der Waals surface area contributed by atoms with Crippen molar-refractivity contribution in [2.24, 2.45) is 0 Å². The molecule has 1 rings (SSSR count). The van der Waals surface area contributed by atoms with E-state index in [-0.39, 0.29) is 0 Å². The summed E-state index contributed by atoms with van der Waals surface area (Å²) < 4.78 is 0. The average Bonchev–Trinajstić information content (AvgIpc) is 1.77. The second-order valence-corrected chi connectivity index (χ2v) is 3.07. The van der Waals surface area contributed by atoms with Crippen molar-refractivity contribution in [3.63, 3.8) is 0 Å². The summed E-state index contributed by atoms with van der Waals surface area (Å²) in [5.74, 6) is 0. The molecule has 0 fully saturated rings. The topological polar surface area (TPSA) is 0 Å². The second-order valence-electron chi connectivity index (χ2n) is 2.47. The van der Waals surface area contributed by atoms with Crippen LogP contribution < -0.4 is 0 Å². The molecule has 0 unspecified atom stereocenters. The Kier molecular flexibility index (Phi) is 2.01. The normalized spacial score (nSPS) is 21.8. The van der Waals surface area contributed by atoms with Crippen molar-refractivity contribution in [2.45, 2.75) is 32.6 Å². The van der Waals surface area contributed by atoms with Gasteiger partial charge in [0.25, 0.3) is 0 Å². The number of rotatable bonds is 0. The summed E-state index contributed by atoms with van der Waals surface area (Å²) in [4.78, 5) is 1.44. The van der Waals surface area contributed by atoms with Crippen molar-refractivity contribution in [2.75, 3.05) is 0 Å². The number of allylic oxidation sites excluding steroid dienone is 2. The lowest BCUT2D eigenvalue weighted by atomic mass is 10.0. The Morgan fingerprint density at radius 3 is 2.25 bits per heavy atom. The molecular formula is C7H13S+. The fraction of sp³-hybridized carbons (Fsp3) is 0.714. The van der Waals surface area contributed by atoms with Gasteiger partial charge in [-0.3, -0.25) is 0 Å². The molecule has 0 aromatic heterocycles. The lowest BCUT2D eigenvalue weighted by molar-refractivity contribution is 0.695. The van der Waals surface area contributed by atoms with Gasteiger partial charge in [0.2, 0.25) is 0 Å². The van der Waals surface area contributed by atoms with Crippen LogP contribution in [0.15, 0.2) is 10.5 Å². The van der Waals surface area contributed by atoms with Crippen LogP contribution in [0.5, 0.6) is 0 Å². The van der Waals surface area contributed by atoms with E-state index in [0.717, 1.165) is 0 Å². The Labute approximate surface area is 56.4 Å². The van der Waals surface area contributed by atoms with Crippen LogP contribution in [0.3, 0.4) is 0 Å². The minimum absolute atomic E-state index is 1.27. The molecule has 0 nitrogen and oxygen atoms in total. The van der Waals surface area contributed by atoms with Gasteiger partial charge in [-0.05, 0) is 44.4 Å². The molecule has 0 amide bonds. The zero-order chi connectivity index (χ0) is 5.98. The van der Waals surface area contributed by atoms with Gasteiger partial charge in [0.1, 0.15) is 4.91 Å². The van der Waals surface area contributed by atoms with Gasteiger partial charge in [0.05, 0.1) is 0 Å². The third-order valence-electron chi connectivity index (χ3n) is 1.74. The molecule has 0 aromatic carbocycles. The molecule has 0 heterocycles. The molecule has 0 aromatic rings. The van der Waals surface area contributed by atoms with Gasteiger partial charge in [-0.1, -0.05) is 0 Å². The van der Waals surface area contributed by atoms with Gasteiger partial charge in [-0.15, -0.1) is 0 Å². The lowest BCUT2D eigenvalue weighted by Crippen LogP contribution is -1.93. The molecule has 46 valence electrons. The Hall–Kier alpha value is 0.0900. The molecule has 1 aliphatic carbocycles. The Bertz CT molecular complexity index is 99.6. The van der Waals surface area contributed by atoms with E-state index in [1.165, 1.54) is 30.6 Å². The molecule has 1 heteroatoms. The molecule has 0 aliphatic heterocycles. The molecule has 0 radical (unpaired) electrons. The lowest BCUT2D eigenvalue weighted by Gasteiger charge is -2.07. The van der Waals surface area contributed by atoms with Crippen molar-refractivity contribution in [3.05, 3.63) is 10.5 Å². The van der Waals surface area contributed by atoms with Crippen molar-refractivity contribution in [1.82, 2.24) is 0 Å². The van der Waals surface area contributed by atoms with Gasteiger partial charge < -0.3 is 0 Å². The first-order valence-electron chi connectivity index (χ1n) is 3.21. The second kappa shape index (κ2) is 2.58. The van der Waals surface area contributed by atoms with E-state index in [0.29, 0.717) is 0 Å². The molecule has 1 aliphatic rings. The summed E-state index contributed by atoms with van der Waals surface area (Å²) in [7, 11) is 0. The summed E-state index contributed by atoms with van der Waals surface area (Å²) in [5, 5.41) is 0. The molecular weight excluding hydrogens is 116 g/mol. The molecule has 0 bridgehead atoms. The van der Waals surface area contributed by atoms with Gasteiger partial charge in [-0.25, -0.2) is 0 Å². The van der Waals surface area contributed by atoms with E-state index in [1.807, 2.05) is 0 Å². The SMILES string of the molecule is CC1=C([SH2+])CCCC1. The highest BCUT2D eigenvalue weighted by molar-refractivity contribution is 7.63. The average molecular weight is 129 g/mol. The molecule has 0 N–H and O–H groups in total. The van der Waals surface area contributed by atoms with E-state index in [9.17, 15) is 0 Å². The van der Waals surface area contributed by atoms with Crippen LogP contribution in [-0.2, 0) is 12.6 Å². The first kappa shape index (κ1) is 6.21. The van der Waals surface area contributed by atoms with E-state index in [1.54, 1.807) is 5.57 Å². The van der Waals surface area contributed by atoms with Crippen LogP contribution in [0.2, 0.25) is 0 Å². The summed E-state index contributed by atoms with van der Waals surface area (Å²) >= 11 is 3.58. The number of hydrogen-bond acceptors (Lipinski definition) is 0. The monoisotopic (exact) mass is 129 g/mol. The summed E-state index contributed by atoms with van der Waals surface area (Å²) in [5.41, 5.74) is 1.55. The highest BCUT2D eigenvalue weighted by Gasteiger charge is 2.08. The minimum Gasteiger partial charge on any atom is -0.0489 e. The minimum atomic E-state index is 1.27. The van der Waals surface area contributed by atoms with Crippen molar-refractivity contribution in [3.8, 4) is 0 Å². The van der Waals surface area contributed by atoms with E-state index in [2.05, 4.69) is 19.6 Å². The molecule has 0 atom stereocenters. The molecule has 0 saturated carbocycles. The largest absolute Gasteiger partial charge is 0.126 e. The highest BCUT2D eigenvalue weighted by Crippen LogP contribution is 2.22. The maximum atomic E-state index is 3.58. The Morgan fingerprint density at radius 1 is 1.25 bits per heavy atom. The van der Waals surface area contributed by atoms with Gasteiger partial charge in [0, 0.05) is 6.42 Å². The van der Waals surface area contributed by atoms with Crippen LogP contribution >= 0.6 is 0 Å². The molecule has 0 spiro atoms. The van der Waals surface area contributed by atoms with Crippen molar-refractivity contribution >= 4 is 12.6 Å². The molecule has 8 heavy (non-hydrogen) atoms.